The molecule has 1 N–H and O–H groups in total. The van der Waals surface area contributed by atoms with E-state index in [2.05, 4.69) is 4.72 Å². The second-order valence-corrected chi connectivity index (χ2v) is 6.14. The third kappa shape index (κ3) is 3.12. The van der Waals surface area contributed by atoms with Crippen LogP contribution in [0, 0.1) is 0 Å². The van der Waals surface area contributed by atoms with Gasteiger partial charge in [-0.25, -0.2) is 13.1 Å². The molecular weight excluding hydrogens is 262 g/mol. The van der Waals surface area contributed by atoms with Crippen molar-refractivity contribution in [2.24, 2.45) is 0 Å². The summed E-state index contributed by atoms with van der Waals surface area (Å²) in [6.45, 7) is 2.11. The minimum absolute atomic E-state index is 0.269. The van der Waals surface area contributed by atoms with E-state index < -0.39 is 10.0 Å². The number of hydrogen-bond acceptors (Lipinski definition) is 3. The summed E-state index contributed by atoms with van der Waals surface area (Å²) < 4.78 is 32.3. The minimum Gasteiger partial charge on any atom is -0.383 e. The number of nitrogens with one attached hydrogen (secondary N) is 1. The highest BCUT2D eigenvalue weighted by Gasteiger charge is 2.19. The molecule has 2 rings (SSSR count). The Morgan fingerprint density at radius 2 is 1.84 bits per heavy atom. The molecule has 0 radical (unpaired) electrons. The summed E-state index contributed by atoms with van der Waals surface area (Å²) in [5.41, 5.74) is 0. The second-order valence-electron chi connectivity index (χ2n) is 4.45. The minimum atomic E-state index is -3.54. The first-order chi connectivity index (χ1) is 9.04. The molecule has 0 aliphatic carbocycles. The first-order valence-electron chi connectivity index (χ1n) is 6.03. The molecule has 1 unspecified atom stereocenters. The normalized spacial score (nSPS) is 13.6. The highest BCUT2D eigenvalue weighted by molar-refractivity contribution is 7.89. The highest BCUT2D eigenvalue weighted by atomic mass is 32.2. The van der Waals surface area contributed by atoms with Crippen molar-refractivity contribution < 1.29 is 13.2 Å². The van der Waals surface area contributed by atoms with Crippen molar-refractivity contribution >= 4 is 20.8 Å². The van der Waals surface area contributed by atoms with Gasteiger partial charge in [-0.05, 0) is 18.4 Å². The van der Waals surface area contributed by atoms with Crippen molar-refractivity contribution in [3.8, 4) is 0 Å². The molecule has 5 heteroatoms. The largest absolute Gasteiger partial charge is 0.383 e. The Kier molecular flexibility index (Phi) is 4.19. The summed E-state index contributed by atoms with van der Waals surface area (Å²) in [5, 5.41) is 1.63. The van der Waals surface area contributed by atoms with Gasteiger partial charge in [0.1, 0.15) is 0 Å². The molecule has 0 aliphatic heterocycles. The number of hydrogen-bond donors (Lipinski definition) is 1. The lowest BCUT2D eigenvalue weighted by atomic mass is 10.1. The first kappa shape index (κ1) is 14.0. The van der Waals surface area contributed by atoms with E-state index in [-0.39, 0.29) is 6.04 Å². The zero-order chi connectivity index (χ0) is 13.9. The lowest BCUT2D eigenvalue weighted by Gasteiger charge is -2.14. The van der Waals surface area contributed by atoms with E-state index >= 15 is 0 Å². The lowest BCUT2D eigenvalue weighted by Crippen LogP contribution is -2.35. The van der Waals surface area contributed by atoms with Gasteiger partial charge in [-0.15, -0.1) is 0 Å². The van der Waals surface area contributed by atoms with Gasteiger partial charge in [-0.2, -0.15) is 0 Å². The van der Waals surface area contributed by atoms with Crippen LogP contribution in [0.5, 0.6) is 0 Å². The van der Waals surface area contributed by atoms with Gasteiger partial charge in [-0.1, -0.05) is 36.4 Å². The average Bonchev–Trinajstić information content (AvgIpc) is 2.37. The van der Waals surface area contributed by atoms with Gasteiger partial charge in [0.05, 0.1) is 11.5 Å². The summed E-state index contributed by atoms with van der Waals surface area (Å²) in [5.74, 6) is 0. The Morgan fingerprint density at radius 3 is 2.58 bits per heavy atom. The molecule has 0 aromatic heterocycles. The Morgan fingerprint density at radius 1 is 1.16 bits per heavy atom. The van der Waals surface area contributed by atoms with E-state index in [4.69, 9.17) is 4.74 Å². The van der Waals surface area contributed by atoms with Crippen LogP contribution in [0.15, 0.2) is 47.4 Å². The van der Waals surface area contributed by atoms with Crippen LogP contribution >= 0.6 is 0 Å². The summed E-state index contributed by atoms with van der Waals surface area (Å²) in [6, 6.07) is 12.4. The predicted molar refractivity (Wildman–Crippen MR) is 75.6 cm³/mol. The molecule has 0 heterocycles. The molecule has 0 saturated carbocycles. The van der Waals surface area contributed by atoms with Gasteiger partial charge in [0.15, 0.2) is 0 Å². The molecule has 1 atom stereocenters. The van der Waals surface area contributed by atoms with Crippen molar-refractivity contribution in [3.63, 3.8) is 0 Å². The fourth-order valence-corrected chi connectivity index (χ4v) is 3.50. The zero-order valence-corrected chi connectivity index (χ0v) is 11.8. The molecule has 19 heavy (non-hydrogen) atoms. The van der Waals surface area contributed by atoms with Crippen molar-refractivity contribution in [1.82, 2.24) is 4.72 Å². The molecule has 0 bridgehead atoms. The van der Waals surface area contributed by atoms with Gasteiger partial charge in [-0.3, -0.25) is 0 Å². The van der Waals surface area contributed by atoms with Gasteiger partial charge in [0.25, 0.3) is 0 Å². The number of ether oxygens (including phenoxy) is 1. The van der Waals surface area contributed by atoms with Crippen LogP contribution in [0.1, 0.15) is 6.92 Å². The number of fused-ring (bicyclic) bond motifs is 1. The van der Waals surface area contributed by atoms with Crippen LogP contribution in [0.2, 0.25) is 0 Å². The number of rotatable bonds is 5. The molecule has 102 valence electrons. The Balaban J connectivity index is 2.43. The van der Waals surface area contributed by atoms with Crippen LogP contribution in [-0.2, 0) is 14.8 Å². The predicted octanol–water partition coefficient (Wildman–Crippen LogP) is 2.15. The summed E-state index contributed by atoms with van der Waals surface area (Å²) in [4.78, 5) is 0.300. The monoisotopic (exact) mass is 279 g/mol. The van der Waals surface area contributed by atoms with E-state index in [0.29, 0.717) is 11.5 Å². The Labute approximate surface area is 113 Å². The summed E-state index contributed by atoms with van der Waals surface area (Å²) in [7, 11) is -1.99. The zero-order valence-electron chi connectivity index (χ0n) is 11.0. The standard InChI is InChI=1S/C14H17NO3S/c1-11(10-18-2)15-19(16,17)14-9-5-7-12-6-3-4-8-13(12)14/h3-9,11,15H,10H2,1-2H3. The van der Waals surface area contributed by atoms with Crippen molar-refractivity contribution in [2.45, 2.75) is 17.9 Å². The molecule has 2 aromatic rings. The quantitative estimate of drug-likeness (QED) is 0.912. The van der Waals surface area contributed by atoms with Crippen LogP contribution in [-0.4, -0.2) is 28.2 Å². The summed E-state index contributed by atoms with van der Waals surface area (Å²) >= 11 is 0. The van der Waals surface area contributed by atoms with Gasteiger partial charge in [0, 0.05) is 18.5 Å². The fraction of sp³-hybridized carbons (Fsp3) is 0.286. The molecule has 0 spiro atoms. The molecular formula is C14H17NO3S. The SMILES string of the molecule is COCC(C)NS(=O)(=O)c1cccc2ccccc12. The van der Waals surface area contributed by atoms with Crippen molar-refractivity contribution in [3.05, 3.63) is 42.5 Å². The fourth-order valence-electron chi connectivity index (χ4n) is 2.04. The van der Waals surface area contributed by atoms with Gasteiger partial charge in [0.2, 0.25) is 10.0 Å². The topological polar surface area (TPSA) is 55.4 Å². The lowest BCUT2D eigenvalue weighted by molar-refractivity contribution is 0.180. The third-order valence-electron chi connectivity index (χ3n) is 2.81. The molecule has 4 nitrogen and oxygen atoms in total. The van der Waals surface area contributed by atoms with E-state index in [1.807, 2.05) is 30.3 Å². The Hall–Kier alpha value is -1.43. The Bertz CT molecular complexity index is 662. The highest BCUT2D eigenvalue weighted by Crippen LogP contribution is 2.22. The van der Waals surface area contributed by atoms with Crippen LogP contribution in [0.4, 0.5) is 0 Å². The molecule has 0 saturated heterocycles. The van der Waals surface area contributed by atoms with Crippen LogP contribution in [0.25, 0.3) is 10.8 Å². The number of benzene rings is 2. The smallest absolute Gasteiger partial charge is 0.241 e. The maximum Gasteiger partial charge on any atom is 0.241 e. The number of sulfonamides is 1. The summed E-state index contributed by atoms with van der Waals surface area (Å²) in [6.07, 6.45) is 0. The van der Waals surface area contributed by atoms with Gasteiger partial charge >= 0.3 is 0 Å². The van der Waals surface area contributed by atoms with E-state index in [1.165, 1.54) is 0 Å². The maximum atomic E-state index is 12.4. The second kappa shape index (κ2) is 5.69. The third-order valence-corrected chi connectivity index (χ3v) is 4.46. The first-order valence-corrected chi connectivity index (χ1v) is 7.52. The van der Waals surface area contributed by atoms with Crippen molar-refractivity contribution in [1.29, 1.82) is 0 Å². The van der Waals surface area contributed by atoms with Crippen LogP contribution in [0.3, 0.4) is 0 Å². The number of methoxy groups -OCH3 is 1. The van der Waals surface area contributed by atoms with E-state index in [1.54, 1.807) is 26.2 Å². The van der Waals surface area contributed by atoms with E-state index in [9.17, 15) is 8.42 Å². The molecule has 2 aromatic carbocycles. The van der Waals surface area contributed by atoms with Crippen LogP contribution < -0.4 is 4.72 Å². The molecule has 0 aliphatic rings. The van der Waals surface area contributed by atoms with Gasteiger partial charge < -0.3 is 4.74 Å². The maximum absolute atomic E-state index is 12.4. The van der Waals surface area contributed by atoms with Crippen molar-refractivity contribution in [2.75, 3.05) is 13.7 Å². The van der Waals surface area contributed by atoms with E-state index in [0.717, 1.165) is 10.8 Å². The molecule has 0 amide bonds. The molecule has 0 fully saturated rings. The average molecular weight is 279 g/mol.